The molecule has 0 heterocycles. The van der Waals surface area contributed by atoms with Crippen molar-refractivity contribution >= 4 is 5.69 Å². The van der Waals surface area contributed by atoms with Gasteiger partial charge in [0.25, 0.3) is 0 Å². The summed E-state index contributed by atoms with van der Waals surface area (Å²) in [6.07, 6.45) is -4.29. The van der Waals surface area contributed by atoms with Crippen molar-refractivity contribution in [3.05, 3.63) is 65.2 Å². The Morgan fingerprint density at radius 2 is 1.43 bits per heavy atom. The number of benzene rings is 2. The summed E-state index contributed by atoms with van der Waals surface area (Å²) < 4.78 is 37.5. The van der Waals surface area contributed by atoms with Crippen LogP contribution in [0.4, 0.5) is 18.9 Å². The number of hydrogen-bond acceptors (Lipinski definition) is 2. The summed E-state index contributed by atoms with van der Waals surface area (Å²) in [4.78, 5) is 1.98. The van der Waals surface area contributed by atoms with Gasteiger partial charge in [-0.1, -0.05) is 24.3 Å². The first-order valence-corrected chi connectivity index (χ1v) is 6.56. The van der Waals surface area contributed by atoms with Crippen molar-refractivity contribution in [1.82, 2.24) is 0 Å². The fourth-order valence-electron chi connectivity index (χ4n) is 2.05. The first-order chi connectivity index (χ1) is 9.90. The second-order valence-corrected chi connectivity index (χ2v) is 4.92. The Hall–Kier alpha value is -2.01. The Labute approximate surface area is 122 Å². The molecular formula is C16H17F3N2. The molecule has 0 aliphatic carbocycles. The number of halogens is 3. The summed E-state index contributed by atoms with van der Waals surface area (Å²) in [7, 11) is 1.90. The Morgan fingerprint density at radius 1 is 0.905 bits per heavy atom. The molecule has 0 saturated carbocycles. The minimum atomic E-state index is -4.29. The smallest absolute Gasteiger partial charge is 0.370 e. The minimum Gasteiger partial charge on any atom is -0.370 e. The standard InChI is InChI=1S/C16H17F3N2/c1-21(15-8-4-12(10-20)5-9-15)11-13-2-6-14(7-3-13)16(17,18)19/h2-9H,10-11,20H2,1H3. The maximum absolute atomic E-state index is 12.5. The van der Waals surface area contributed by atoms with E-state index in [4.69, 9.17) is 5.73 Å². The molecule has 0 aromatic heterocycles. The first-order valence-electron chi connectivity index (χ1n) is 6.56. The molecule has 0 saturated heterocycles. The molecule has 0 unspecified atom stereocenters. The summed E-state index contributed by atoms with van der Waals surface area (Å²) in [6, 6.07) is 13.0. The molecule has 112 valence electrons. The highest BCUT2D eigenvalue weighted by atomic mass is 19.4. The van der Waals surface area contributed by atoms with Gasteiger partial charge in [-0.25, -0.2) is 0 Å². The fraction of sp³-hybridized carbons (Fsp3) is 0.250. The first kappa shape index (κ1) is 15.4. The van der Waals surface area contributed by atoms with Gasteiger partial charge in [-0.3, -0.25) is 0 Å². The van der Waals surface area contributed by atoms with Gasteiger partial charge in [0.2, 0.25) is 0 Å². The number of anilines is 1. The molecule has 2 aromatic carbocycles. The summed E-state index contributed by atoms with van der Waals surface area (Å²) in [5.74, 6) is 0. The van der Waals surface area contributed by atoms with Crippen LogP contribution in [0.3, 0.4) is 0 Å². The summed E-state index contributed by atoms with van der Waals surface area (Å²) in [5, 5.41) is 0. The minimum absolute atomic E-state index is 0.489. The molecule has 0 amide bonds. The van der Waals surface area contributed by atoms with Gasteiger partial charge in [0.15, 0.2) is 0 Å². The molecular weight excluding hydrogens is 277 g/mol. The quantitative estimate of drug-likeness (QED) is 0.929. The van der Waals surface area contributed by atoms with Gasteiger partial charge < -0.3 is 10.6 Å². The lowest BCUT2D eigenvalue weighted by molar-refractivity contribution is -0.137. The molecule has 0 aliphatic rings. The van der Waals surface area contributed by atoms with Crippen molar-refractivity contribution in [3.63, 3.8) is 0 Å². The predicted molar refractivity (Wildman–Crippen MR) is 77.9 cm³/mol. The largest absolute Gasteiger partial charge is 0.416 e. The van der Waals surface area contributed by atoms with Crippen molar-refractivity contribution < 1.29 is 13.2 Å². The number of hydrogen-bond donors (Lipinski definition) is 1. The molecule has 0 bridgehead atoms. The van der Waals surface area contributed by atoms with Gasteiger partial charge >= 0.3 is 6.18 Å². The maximum atomic E-state index is 12.5. The van der Waals surface area contributed by atoms with Crippen LogP contribution >= 0.6 is 0 Å². The molecule has 0 spiro atoms. The van der Waals surface area contributed by atoms with E-state index in [1.165, 1.54) is 12.1 Å². The molecule has 21 heavy (non-hydrogen) atoms. The van der Waals surface area contributed by atoms with E-state index < -0.39 is 11.7 Å². The molecule has 0 fully saturated rings. The second-order valence-electron chi connectivity index (χ2n) is 4.92. The Kier molecular flexibility index (Phi) is 4.53. The zero-order valence-electron chi connectivity index (χ0n) is 11.7. The van der Waals surface area contributed by atoms with E-state index in [2.05, 4.69) is 0 Å². The third kappa shape index (κ3) is 3.98. The van der Waals surface area contributed by atoms with E-state index in [0.29, 0.717) is 13.1 Å². The van der Waals surface area contributed by atoms with Crippen molar-refractivity contribution in [1.29, 1.82) is 0 Å². The highest BCUT2D eigenvalue weighted by Gasteiger charge is 2.29. The number of alkyl halides is 3. The van der Waals surface area contributed by atoms with Crippen LogP contribution in [0.1, 0.15) is 16.7 Å². The zero-order chi connectivity index (χ0) is 15.5. The van der Waals surface area contributed by atoms with E-state index in [9.17, 15) is 13.2 Å². The van der Waals surface area contributed by atoms with E-state index in [-0.39, 0.29) is 0 Å². The SMILES string of the molecule is CN(Cc1ccc(C(F)(F)F)cc1)c1ccc(CN)cc1. The van der Waals surface area contributed by atoms with Crippen LogP contribution in [-0.4, -0.2) is 7.05 Å². The molecule has 2 nitrogen and oxygen atoms in total. The highest BCUT2D eigenvalue weighted by molar-refractivity contribution is 5.47. The molecule has 2 aromatic rings. The highest BCUT2D eigenvalue weighted by Crippen LogP contribution is 2.29. The van der Waals surface area contributed by atoms with Crippen molar-refractivity contribution in [2.45, 2.75) is 19.3 Å². The topological polar surface area (TPSA) is 29.3 Å². The average Bonchev–Trinajstić information content (AvgIpc) is 2.47. The molecule has 5 heteroatoms. The normalized spacial score (nSPS) is 11.5. The third-order valence-electron chi connectivity index (χ3n) is 3.31. The molecule has 0 atom stereocenters. The Morgan fingerprint density at radius 3 is 1.90 bits per heavy atom. The second kappa shape index (κ2) is 6.18. The predicted octanol–water partition coefficient (Wildman–Crippen LogP) is 3.80. The summed E-state index contributed by atoms with van der Waals surface area (Å²) in [6.45, 7) is 1.03. The van der Waals surface area contributed by atoms with E-state index >= 15 is 0 Å². The van der Waals surface area contributed by atoms with Gasteiger partial charge in [0.1, 0.15) is 0 Å². The Bertz CT molecular complexity index is 574. The van der Waals surface area contributed by atoms with E-state index in [1.54, 1.807) is 0 Å². The summed E-state index contributed by atoms with van der Waals surface area (Å²) in [5.41, 5.74) is 7.78. The van der Waals surface area contributed by atoms with Gasteiger partial charge in [0, 0.05) is 25.8 Å². The van der Waals surface area contributed by atoms with Gasteiger partial charge in [-0.15, -0.1) is 0 Å². The molecule has 2 N–H and O–H groups in total. The monoisotopic (exact) mass is 294 g/mol. The summed E-state index contributed by atoms with van der Waals surface area (Å²) >= 11 is 0. The molecule has 0 aliphatic heterocycles. The van der Waals surface area contributed by atoms with Crippen LogP contribution in [0.25, 0.3) is 0 Å². The van der Waals surface area contributed by atoms with Gasteiger partial charge in [0.05, 0.1) is 5.56 Å². The zero-order valence-corrected chi connectivity index (χ0v) is 11.7. The van der Waals surface area contributed by atoms with Gasteiger partial charge in [-0.05, 0) is 35.4 Å². The Balaban J connectivity index is 2.06. The third-order valence-corrected chi connectivity index (χ3v) is 3.31. The maximum Gasteiger partial charge on any atom is 0.416 e. The molecule has 0 radical (unpaired) electrons. The van der Waals surface area contributed by atoms with Crippen LogP contribution in [-0.2, 0) is 19.3 Å². The van der Waals surface area contributed by atoms with Crippen LogP contribution in [0, 0.1) is 0 Å². The van der Waals surface area contributed by atoms with Crippen LogP contribution in [0.15, 0.2) is 48.5 Å². The van der Waals surface area contributed by atoms with E-state index in [1.807, 2.05) is 36.2 Å². The number of nitrogens with zero attached hydrogens (tertiary/aromatic N) is 1. The average molecular weight is 294 g/mol. The van der Waals surface area contributed by atoms with Crippen LogP contribution in [0.5, 0.6) is 0 Å². The van der Waals surface area contributed by atoms with Crippen molar-refractivity contribution in [2.24, 2.45) is 5.73 Å². The van der Waals surface area contributed by atoms with Crippen molar-refractivity contribution in [3.8, 4) is 0 Å². The van der Waals surface area contributed by atoms with Crippen molar-refractivity contribution in [2.75, 3.05) is 11.9 Å². The van der Waals surface area contributed by atoms with Gasteiger partial charge in [-0.2, -0.15) is 13.2 Å². The lowest BCUT2D eigenvalue weighted by Gasteiger charge is -2.20. The molecule has 2 rings (SSSR count). The number of rotatable bonds is 4. The van der Waals surface area contributed by atoms with Crippen LogP contribution < -0.4 is 10.6 Å². The fourth-order valence-corrected chi connectivity index (χ4v) is 2.05. The lowest BCUT2D eigenvalue weighted by Crippen LogP contribution is -2.16. The van der Waals surface area contributed by atoms with Crippen LogP contribution in [0.2, 0.25) is 0 Å². The lowest BCUT2D eigenvalue weighted by atomic mass is 10.1. The number of nitrogens with two attached hydrogens (primary N) is 1. The van der Waals surface area contributed by atoms with E-state index in [0.717, 1.165) is 28.9 Å².